The Morgan fingerprint density at radius 2 is 1.82 bits per heavy atom. The van der Waals surface area contributed by atoms with Gasteiger partial charge in [0.05, 0.1) is 10.5 Å². The molecule has 0 aromatic heterocycles. The summed E-state index contributed by atoms with van der Waals surface area (Å²) >= 11 is 0. The maximum absolute atomic E-state index is 12.7. The number of benzene rings is 1. The van der Waals surface area contributed by atoms with Crippen LogP contribution < -0.4 is 4.90 Å². The Labute approximate surface area is 124 Å². The highest BCUT2D eigenvalue weighted by atomic mass is 19.4. The van der Waals surface area contributed by atoms with Gasteiger partial charge >= 0.3 is 6.18 Å². The zero-order valence-electron chi connectivity index (χ0n) is 11.8. The van der Waals surface area contributed by atoms with Gasteiger partial charge in [-0.2, -0.15) is 13.2 Å². The average Bonchev–Trinajstić information content (AvgIpc) is 2.45. The van der Waals surface area contributed by atoms with Crippen LogP contribution in [0, 0.1) is 10.1 Å². The first kappa shape index (κ1) is 16.1. The molecule has 22 heavy (non-hydrogen) atoms. The highest BCUT2D eigenvalue weighted by Gasteiger charge is 2.34. The second kappa shape index (κ2) is 5.82. The molecular weight excluding hydrogens is 303 g/mol. The zero-order valence-corrected chi connectivity index (χ0v) is 11.8. The van der Waals surface area contributed by atoms with E-state index in [1.807, 2.05) is 0 Å². The molecule has 0 radical (unpaired) electrons. The summed E-state index contributed by atoms with van der Waals surface area (Å²) in [6.45, 7) is 2.87. The van der Waals surface area contributed by atoms with E-state index in [4.69, 9.17) is 0 Å². The van der Waals surface area contributed by atoms with Crippen LogP contribution in [0.2, 0.25) is 0 Å². The number of carbonyl (C=O) groups is 1. The third-order valence-electron chi connectivity index (χ3n) is 3.57. The van der Waals surface area contributed by atoms with Crippen molar-refractivity contribution >= 4 is 17.3 Å². The van der Waals surface area contributed by atoms with Gasteiger partial charge in [0.25, 0.3) is 5.69 Å². The van der Waals surface area contributed by atoms with Crippen LogP contribution in [-0.2, 0) is 11.0 Å². The van der Waals surface area contributed by atoms with Crippen LogP contribution in [0.15, 0.2) is 18.2 Å². The number of carbonyl (C=O) groups excluding carboxylic acids is 1. The summed E-state index contributed by atoms with van der Waals surface area (Å²) in [5.41, 5.74) is -1.49. The second-order valence-electron chi connectivity index (χ2n) is 4.95. The fourth-order valence-electron chi connectivity index (χ4n) is 2.38. The SMILES string of the molecule is CC(=O)N1CCN(c2ccc(C(F)(F)F)cc2[N+](=O)[O-])CC1. The summed E-state index contributed by atoms with van der Waals surface area (Å²) in [6.07, 6.45) is -4.63. The molecule has 6 nitrogen and oxygen atoms in total. The van der Waals surface area contributed by atoms with E-state index in [0.29, 0.717) is 32.2 Å². The molecule has 0 bridgehead atoms. The minimum atomic E-state index is -4.63. The van der Waals surface area contributed by atoms with Crippen LogP contribution in [0.5, 0.6) is 0 Å². The van der Waals surface area contributed by atoms with Crippen LogP contribution in [0.1, 0.15) is 12.5 Å². The van der Waals surface area contributed by atoms with Gasteiger partial charge in [-0.05, 0) is 12.1 Å². The third-order valence-corrected chi connectivity index (χ3v) is 3.57. The summed E-state index contributed by atoms with van der Waals surface area (Å²) in [4.78, 5) is 24.7. The second-order valence-corrected chi connectivity index (χ2v) is 4.95. The van der Waals surface area contributed by atoms with Gasteiger partial charge in [-0.1, -0.05) is 0 Å². The molecule has 9 heteroatoms. The molecule has 0 N–H and O–H groups in total. The van der Waals surface area contributed by atoms with E-state index in [1.54, 1.807) is 9.80 Å². The number of amides is 1. The molecule has 1 aliphatic rings. The smallest absolute Gasteiger partial charge is 0.362 e. The lowest BCUT2D eigenvalue weighted by Gasteiger charge is -2.35. The fourth-order valence-corrected chi connectivity index (χ4v) is 2.38. The number of nitro benzene ring substituents is 1. The van der Waals surface area contributed by atoms with Crippen molar-refractivity contribution < 1.29 is 22.9 Å². The van der Waals surface area contributed by atoms with E-state index in [1.165, 1.54) is 6.92 Å². The normalized spacial score (nSPS) is 15.8. The lowest BCUT2D eigenvalue weighted by atomic mass is 10.1. The van der Waals surface area contributed by atoms with E-state index in [-0.39, 0.29) is 11.6 Å². The molecular formula is C13H14F3N3O3. The zero-order chi connectivity index (χ0) is 16.5. The van der Waals surface area contributed by atoms with Crippen LogP contribution in [-0.4, -0.2) is 41.9 Å². The van der Waals surface area contributed by atoms with Crippen LogP contribution in [0.4, 0.5) is 24.5 Å². The largest absolute Gasteiger partial charge is 0.416 e. The first-order chi connectivity index (χ1) is 10.2. The molecule has 0 aliphatic carbocycles. The molecule has 1 amide bonds. The molecule has 0 saturated carbocycles. The topological polar surface area (TPSA) is 66.7 Å². The number of anilines is 1. The average molecular weight is 317 g/mol. The standard InChI is InChI=1S/C13H14F3N3O3/c1-9(20)17-4-6-18(7-5-17)11-3-2-10(13(14,15)16)8-12(11)19(21)22/h2-3,8H,4-7H2,1H3. The molecule has 1 fully saturated rings. The Hall–Kier alpha value is -2.32. The summed E-state index contributed by atoms with van der Waals surface area (Å²) in [5, 5.41) is 11.1. The molecule has 1 aromatic rings. The first-order valence-corrected chi connectivity index (χ1v) is 6.56. The molecule has 1 heterocycles. The van der Waals surface area contributed by atoms with Crippen LogP contribution in [0.25, 0.3) is 0 Å². The van der Waals surface area contributed by atoms with Gasteiger partial charge < -0.3 is 9.80 Å². The van der Waals surface area contributed by atoms with Crippen molar-refractivity contribution in [2.75, 3.05) is 31.1 Å². The first-order valence-electron chi connectivity index (χ1n) is 6.56. The Morgan fingerprint density at radius 3 is 2.27 bits per heavy atom. The van der Waals surface area contributed by atoms with Gasteiger partial charge in [-0.15, -0.1) is 0 Å². The van der Waals surface area contributed by atoms with Crippen molar-refractivity contribution in [2.45, 2.75) is 13.1 Å². The van der Waals surface area contributed by atoms with E-state index in [9.17, 15) is 28.1 Å². The lowest BCUT2D eigenvalue weighted by Crippen LogP contribution is -2.48. The van der Waals surface area contributed by atoms with Crippen molar-refractivity contribution in [2.24, 2.45) is 0 Å². The Balaban J connectivity index is 2.28. The third kappa shape index (κ3) is 3.29. The van der Waals surface area contributed by atoms with Gasteiger partial charge in [-0.25, -0.2) is 0 Å². The Bertz CT molecular complexity index is 596. The van der Waals surface area contributed by atoms with Gasteiger partial charge in [0.1, 0.15) is 5.69 Å². The molecule has 120 valence electrons. The number of piperazine rings is 1. The van der Waals surface area contributed by atoms with E-state index in [2.05, 4.69) is 0 Å². The number of halogens is 3. The molecule has 2 rings (SSSR count). The number of nitro groups is 1. The number of nitrogens with zero attached hydrogens (tertiary/aromatic N) is 3. The maximum Gasteiger partial charge on any atom is 0.416 e. The Morgan fingerprint density at radius 1 is 1.23 bits per heavy atom. The number of hydrogen-bond donors (Lipinski definition) is 0. The van der Waals surface area contributed by atoms with Gasteiger partial charge in [0.15, 0.2) is 0 Å². The van der Waals surface area contributed by atoms with Gasteiger partial charge in [0.2, 0.25) is 5.91 Å². The summed E-state index contributed by atoms with van der Waals surface area (Å²) in [7, 11) is 0. The van der Waals surface area contributed by atoms with Crippen LogP contribution >= 0.6 is 0 Å². The predicted octanol–water partition coefficient (Wildman–Crippen LogP) is 2.28. The van der Waals surface area contributed by atoms with Crippen molar-refractivity contribution in [3.63, 3.8) is 0 Å². The van der Waals surface area contributed by atoms with Gasteiger partial charge in [0, 0.05) is 39.2 Å². The van der Waals surface area contributed by atoms with Crippen molar-refractivity contribution in [3.8, 4) is 0 Å². The molecule has 0 spiro atoms. The Kier molecular flexibility index (Phi) is 4.25. The summed E-state index contributed by atoms with van der Waals surface area (Å²) in [6, 6.07) is 2.50. The van der Waals surface area contributed by atoms with Crippen molar-refractivity contribution in [1.29, 1.82) is 0 Å². The maximum atomic E-state index is 12.7. The molecule has 1 aromatic carbocycles. The molecule has 1 saturated heterocycles. The minimum Gasteiger partial charge on any atom is -0.362 e. The molecule has 0 unspecified atom stereocenters. The quantitative estimate of drug-likeness (QED) is 0.620. The van der Waals surface area contributed by atoms with Crippen molar-refractivity contribution in [3.05, 3.63) is 33.9 Å². The minimum absolute atomic E-state index is 0.0958. The van der Waals surface area contributed by atoms with E-state index < -0.39 is 22.4 Å². The summed E-state index contributed by atoms with van der Waals surface area (Å²) < 4.78 is 38.0. The van der Waals surface area contributed by atoms with Crippen molar-refractivity contribution in [1.82, 2.24) is 4.90 Å². The number of rotatable bonds is 2. The monoisotopic (exact) mass is 317 g/mol. The van der Waals surface area contributed by atoms with Gasteiger partial charge in [-0.3, -0.25) is 14.9 Å². The number of alkyl halides is 3. The highest BCUT2D eigenvalue weighted by Crippen LogP contribution is 2.36. The predicted molar refractivity (Wildman–Crippen MR) is 72.6 cm³/mol. The highest BCUT2D eigenvalue weighted by molar-refractivity contribution is 5.74. The molecule has 0 atom stereocenters. The van der Waals surface area contributed by atoms with Crippen LogP contribution in [0.3, 0.4) is 0 Å². The fraction of sp³-hybridized carbons (Fsp3) is 0.462. The van der Waals surface area contributed by atoms with E-state index in [0.717, 1.165) is 12.1 Å². The summed E-state index contributed by atoms with van der Waals surface area (Å²) in [5.74, 6) is -0.0958. The van der Waals surface area contributed by atoms with E-state index >= 15 is 0 Å². The lowest BCUT2D eigenvalue weighted by molar-refractivity contribution is -0.384. The molecule has 1 aliphatic heterocycles. The number of hydrogen-bond acceptors (Lipinski definition) is 4.